The second-order valence-electron chi connectivity index (χ2n) is 6.20. The van der Waals surface area contributed by atoms with Gasteiger partial charge in [0.1, 0.15) is 5.69 Å². The molecular weight excluding hydrogens is 390 g/mol. The molecule has 1 N–H and O–H groups in total. The minimum absolute atomic E-state index is 0.221. The van der Waals surface area contributed by atoms with Crippen LogP contribution in [-0.2, 0) is 16.6 Å². The molecule has 0 aliphatic heterocycles. The van der Waals surface area contributed by atoms with Crippen LogP contribution in [0, 0.1) is 0 Å². The minimum Gasteiger partial charge on any atom is -0.207 e. The Morgan fingerprint density at radius 3 is 2.07 bits per heavy atom. The molecule has 0 spiro atoms. The second-order valence-corrected chi connectivity index (χ2v) is 8.58. The molecule has 3 aromatic carbocycles. The van der Waals surface area contributed by atoms with Crippen LogP contribution in [0.4, 0.5) is 0 Å². The number of aromatic nitrogens is 2. The van der Waals surface area contributed by atoms with Gasteiger partial charge in [0, 0.05) is 17.5 Å². The predicted molar refractivity (Wildman–Crippen MR) is 111 cm³/mol. The molecule has 0 aliphatic rings. The molecule has 0 unspecified atom stereocenters. The molecule has 140 valence electrons. The maximum absolute atomic E-state index is 12.6. The summed E-state index contributed by atoms with van der Waals surface area (Å²) >= 11 is 1.30. The van der Waals surface area contributed by atoms with Crippen LogP contribution in [0.3, 0.4) is 0 Å². The number of nitrogens with one attached hydrogen (secondary N) is 1. The zero-order valence-electron chi connectivity index (χ0n) is 14.8. The molecule has 5 nitrogen and oxygen atoms in total. The summed E-state index contributed by atoms with van der Waals surface area (Å²) in [4.78, 5) is 0.248. The molecule has 1 aromatic heterocycles. The summed E-state index contributed by atoms with van der Waals surface area (Å²) in [7, 11) is -3.58. The van der Waals surface area contributed by atoms with Crippen LogP contribution in [0.25, 0.3) is 22.4 Å². The molecule has 0 radical (unpaired) electrons. The fourth-order valence-corrected chi connectivity index (χ4v) is 4.29. The van der Waals surface area contributed by atoms with Crippen LogP contribution in [0.1, 0.15) is 5.56 Å². The highest BCUT2D eigenvalue weighted by Gasteiger charge is 2.14. The van der Waals surface area contributed by atoms with Crippen LogP contribution in [0.5, 0.6) is 0 Å². The van der Waals surface area contributed by atoms with Gasteiger partial charge >= 0.3 is 0 Å². The highest BCUT2D eigenvalue weighted by molar-refractivity contribution is 7.89. The molecule has 0 amide bonds. The van der Waals surface area contributed by atoms with Crippen molar-refractivity contribution in [3.63, 3.8) is 0 Å². The summed E-state index contributed by atoms with van der Waals surface area (Å²) in [6.45, 7) is 0.221. The molecule has 0 saturated heterocycles. The molecule has 0 aliphatic carbocycles. The summed E-state index contributed by atoms with van der Waals surface area (Å²) in [5.74, 6) is 0. The number of rotatable bonds is 6. The van der Waals surface area contributed by atoms with Crippen molar-refractivity contribution in [1.82, 2.24) is 14.3 Å². The monoisotopic (exact) mass is 407 g/mol. The Morgan fingerprint density at radius 1 is 0.786 bits per heavy atom. The largest absolute Gasteiger partial charge is 0.240 e. The summed E-state index contributed by atoms with van der Waals surface area (Å²) < 4.78 is 31.7. The third kappa shape index (κ3) is 4.17. The van der Waals surface area contributed by atoms with E-state index in [0.29, 0.717) is 0 Å². The first-order valence-electron chi connectivity index (χ1n) is 8.63. The lowest BCUT2D eigenvalue weighted by atomic mass is 10.1. The van der Waals surface area contributed by atoms with Crippen molar-refractivity contribution in [3.8, 4) is 22.4 Å². The van der Waals surface area contributed by atoms with Gasteiger partial charge in [0.25, 0.3) is 0 Å². The smallest absolute Gasteiger partial charge is 0.207 e. The minimum atomic E-state index is -3.58. The van der Waals surface area contributed by atoms with Gasteiger partial charge in [-0.1, -0.05) is 71.2 Å². The van der Waals surface area contributed by atoms with Gasteiger partial charge in [-0.25, -0.2) is 13.1 Å². The van der Waals surface area contributed by atoms with E-state index in [4.69, 9.17) is 0 Å². The number of benzene rings is 3. The van der Waals surface area contributed by atoms with Crippen molar-refractivity contribution in [2.45, 2.75) is 11.4 Å². The van der Waals surface area contributed by atoms with E-state index in [2.05, 4.69) is 14.3 Å². The average molecular weight is 408 g/mol. The van der Waals surface area contributed by atoms with Crippen LogP contribution in [-0.4, -0.2) is 18.0 Å². The van der Waals surface area contributed by atoms with E-state index < -0.39 is 10.0 Å². The molecule has 7 heteroatoms. The summed E-state index contributed by atoms with van der Waals surface area (Å²) in [5, 5.41) is 5.90. The van der Waals surface area contributed by atoms with Crippen molar-refractivity contribution in [2.75, 3.05) is 0 Å². The Hall–Kier alpha value is -2.87. The predicted octanol–water partition coefficient (Wildman–Crippen LogP) is 4.35. The summed E-state index contributed by atoms with van der Waals surface area (Å²) in [5.41, 5.74) is 4.67. The fourth-order valence-electron chi connectivity index (χ4n) is 2.80. The Kier molecular flexibility index (Phi) is 5.29. The van der Waals surface area contributed by atoms with Crippen LogP contribution < -0.4 is 4.72 Å². The third-order valence-electron chi connectivity index (χ3n) is 4.35. The fraction of sp³-hybridized carbons (Fsp3) is 0.0476. The SMILES string of the molecule is O=S(=O)(NCc1ccc(-c2csnn2)cc1)c1ccc(-c2ccccc2)cc1. The Morgan fingerprint density at radius 2 is 1.43 bits per heavy atom. The lowest BCUT2D eigenvalue weighted by molar-refractivity contribution is 0.581. The van der Waals surface area contributed by atoms with Crippen molar-refractivity contribution >= 4 is 21.6 Å². The van der Waals surface area contributed by atoms with Gasteiger partial charge < -0.3 is 0 Å². The highest BCUT2D eigenvalue weighted by atomic mass is 32.2. The van der Waals surface area contributed by atoms with Gasteiger partial charge in [-0.05, 0) is 40.4 Å². The van der Waals surface area contributed by atoms with E-state index in [1.807, 2.05) is 72.1 Å². The molecule has 1 heterocycles. The molecule has 4 rings (SSSR count). The first kappa shape index (κ1) is 18.5. The number of hydrogen-bond acceptors (Lipinski definition) is 5. The third-order valence-corrected chi connectivity index (χ3v) is 6.27. The maximum atomic E-state index is 12.6. The normalized spacial score (nSPS) is 11.4. The van der Waals surface area contributed by atoms with Gasteiger partial charge in [0.2, 0.25) is 10.0 Å². The van der Waals surface area contributed by atoms with Gasteiger partial charge in [-0.15, -0.1) is 5.10 Å². The van der Waals surface area contributed by atoms with E-state index in [0.717, 1.165) is 27.9 Å². The van der Waals surface area contributed by atoms with E-state index in [1.165, 1.54) is 11.5 Å². The van der Waals surface area contributed by atoms with Crippen molar-refractivity contribution in [2.24, 2.45) is 0 Å². The first-order valence-corrected chi connectivity index (χ1v) is 11.0. The molecule has 0 atom stereocenters. The van der Waals surface area contributed by atoms with Crippen LogP contribution in [0.15, 0.2) is 89.1 Å². The van der Waals surface area contributed by atoms with E-state index in [9.17, 15) is 8.42 Å². The van der Waals surface area contributed by atoms with E-state index in [1.54, 1.807) is 12.1 Å². The van der Waals surface area contributed by atoms with Gasteiger partial charge in [-0.2, -0.15) is 0 Å². The highest BCUT2D eigenvalue weighted by Crippen LogP contribution is 2.21. The van der Waals surface area contributed by atoms with Crippen molar-refractivity contribution in [3.05, 3.63) is 89.8 Å². The maximum Gasteiger partial charge on any atom is 0.240 e. The number of nitrogens with zero attached hydrogens (tertiary/aromatic N) is 2. The van der Waals surface area contributed by atoms with Gasteiger partial charge in [-0.3, -0.25) is 0 Å². The second kappa shape index (κ2) is 8.02. The Labute approximate surface area is 167 Å². The van der Waals surface area contributed by atoms with E-state index >= 15 is 0 Å². The van der Waals surface area contributed by atoms with Crippen molar-refractivity contribution < 1.29 is 8.42 Å². The molecule has 4 aromatic rings. The summed E-state index contributed by atoms with van der Waals surface area (Å²) in [6.07, 6.45) is 0. The average Bonchev–Trinajstić information content (AvgIpc) is 3.28. The number of hydrogen-bond donors (Lipinski definition) is 1. The standard InChI is InChI=1S/C21H17N3O2S2/c25-28(26,20-12-10-18(11-13-20)17-4-2-1-3-5-17)22-14-16-6-8-19(9-7-16)21-15-27-24-23-21/h1-13,15,22H,14H2. The topological polar surface area (TPSA) is 72.0 Å². The quantitative estimate of drug-likeness (QED) is 0.516. The lowest BCUT2D eigenvalue weighted by Crippen LogP contribution is -2.23. The van der Waals surface area contributed by atoms with Crippen molar-refractivity contribution in [1.29, 1.82) is 0 Å². The summed E-state index contributed by atoms with van der Waals surface area (Å²) in [6, 6.07) is 24.3. The van der Waals surface area contributed by atoms with E-state index in [-0.39, 0.29) is 11.4 Å². The molecule has 0 saturated carbocycles. The Balaban J connectivity index is 1.44. The zero-order valence-corrected chi connectivity index (χ0v) is 16.5. The molecule has 0 fully saturated rings. The zero-order chi connectivity index (χ0) is 19.4. The molecular formula is C21H17N3O2S2. The first-order chi connectivity index (χ1) is 13.6. The molecule has 28 heavy (non-hydrogen) atoms. The number of sulfonamides is 1. The van der Waals surface area contributed by atoms with Gasteiger partial charge in [0.05, 0.1) is 4.90 Å². The van der Waals surface area contributed by atoms with Gasteiger partial charge in [0.15, 0.2) is 0 Å². The Bertz CT molecular complexity index is 1140. The van der Waals surface area contributed by atoms with Crippen LogP contribution in [0.2, 0.25) is 0 Å². The van der Waals surface area contributed by atoms with Crippen LogP contribution >= 0.6 is 11.5 Å². The lowest BCUT2D eigenvalue weighted by Gasteiger charge is -2.08. The molecule has 0 bridgehead atoms.